The molecule has 0 radical (unpaired) electrons. The summed E-state index contributed by atoms with van der Waals surface area (Å²) in [5, 5.41) is 3.40. The molecule has 2 fully saturated rings. The molecule has 0 aromatic carbocycles. The summed E-state index contributed by atoms with van der Waals surface area (Å²) in [5.74, 6) is 0.950. The lowest BCUT2D eigenvalue weighted by molar-refractivity contribution is 0.0184. The van der Waals surface area contributed by atoms with E-state index in [9.17, 15) is 0 Å². The van der Waals surface area contributed by atoms with E-state index < -0.39 is 0 Å². The largest absolute Gasteiger partial charge is 0.376 e. The summed E-state index contributed by atoms with van der Waals surface area (Å²) in [6.07, 6.45) is 5.74. The second-order valence-corrected chi connectivity index (χ2v) is 6.32. The monoisotopic (exact) mass is 269 g/mol. The molecule has 1 unspecified atom stereocenters. The number of rotatable bonds is 6. The zero-order chi connectivity index (χ0) is 13.5. The lowest BCUT2D eigenvalue weighted by atomic mass is 9.94. The fourth-order valence-corrected chi connectivity index (χ4v) is 3.04. The quantitative estimate of drug-likeness (QED) is 0.779. The fraction of sp³-hybridized carbons (Fsp3) is 1.00. The molecule has 1 atom stereocenters. The molecule has 2 aliphatic heterocycles. The summed E-state index contributed by atoms with van der Waals surface area (Å²) >= 11 is 0. The highest BCUT2D eigenvalue weighted by atomic mass is 16.5. The van der Waals surface area contributed by atoms with Gasteiger partial charge in [0.25, 0.3) is 0 Å². The highest BCUT2D eigenvalue weighted by molar-refractivity contribution is 4.72. The highest BCUT2D eigenvalue weighted by Gasteiger charge is 2.17. The van der Waals surface area contributed by atoms with Gasteiger partial charge in [0.2, 0.25) is 0 Å². The zero-order valence-electron chi connectivity index (χ0n) is 12.7. The molecule has 2 saturated heterocycles. The topological polar surface area (TPSA) is 27.7 Å². The number of morpholine rings is 1. The van der Waals surface area contributed by atoms with Gasteiger partial charge in [-0.2, -0.15) is 0 Å². The third kappa shape index (κ3) is 5.78. The van der Waals surface area contributed by atoms with Gasteiger partial charge >= 0.3 is 0 Å². The van der Waals surface area contributed by atoms with Crippen molar-refractivity contribution in [3.8, 4) is 0 Å². The lowest BCUT2D eigenvalue weighted by Gasteiger charge is -2.30. The first-order valence-corrected chi connectivity index (χ1v) is 7.93. The van der Waals surface area contributed by atoms with Crippen LogP contribution in [-0.4, -0.2) is 75.9 Å². The maximum absolute atomic E-state index is 5.74. The number of piperidine rings is 1. The third-order valence-corrected chi connectivity index (χ3v) is 4.59. The molecule has 2 heterocycles. The minimum absolute atomic E-state index is 0.430. The predicted octanol–water partition coefficient (Wildman–Crippen LogP) is 1.03. The van der Waals surface area contributed by atoms with Crippen molar-refractivity contribution in [1.82, 2.24) is 15.1 Å². The highest BCUT2D eigenvalue weighted by Crippen LogP contribution is 2.19. The second-order valence-electron chi connectivity index (χ2n) is 6.32. The van der Waals surface area contributed by atoms with Crippen molar-refractivity contribution < 1.29 is 4.74 Å². The van der Waals surface area contributed by atoms with Gasteiger partial charge in [0.15, 0.2) is 0 Å². The molecule has 112 valence electrons. The van der Waals surface area contributed by atoms with Crippen LogP contribution in [0, 0.1) is 5.92 Å². The van der Waals surface area contributed by atoms with Crippen molar-refractivity contribution in [2.75, 3.05) is 60.0 Å². The maximum Gasteiger partial charge on any atom is 0.0712 e. The molecule has 0 aromatic heterocycles. The summed E-state index contributed by atoms with van der Waals surface area (Å²) in [7, 11) is 4.49. The van der Waals surface area contributed by atoms with Crippen LogP contribution in [0.15, 0.2) is 0 Å². The molecule has 2 rings (SSSR count). The molecule has 0 amide bonds. The standard InChI is InChI=1S/C15H31N3O/c1-17-8-3-14(4-9-17)5-10-18(2)11-6-15-13-16-7-12-19-15/h14-16H,3-13H2,1-2H3. The number of ether oxygens (including phenoxy) is 1. The smallest absolute Gasteiger partial charge is 0.0712 e. The van der Waals surface area contributed by atoms with Gasteiger partial charge in [-0.3, -0.25) is 0 Å². The Labute approximate surface area is 118 Å². The van der Waals surface area contributed by atoms with Gasteiger partial charge in [-0.1, -0.05) is 0 Å². The predicted molar refractivity (Wildman–Crippen MR) is 79.6 cm³/mol. The van der Waals surface area contributed by atoms with Crippen LogP contribution in [0.5, 0.6) is 0 Å². The molecule has 4 heteroatoms. The number of nitrogens with zero attached hydrogens (tertiary/aromatic N) is 2. The fourth-order valence-electron chi connectivity index (χ4n) is 3.04. The van der Waals surface area contributed by atoms with Crippen LogP contribution < -0.4 is 5.32 Å². The molecule has 1 N–H and O–H groups in total. The van der Waals surface area contributed by atoms with Crippen LogP contribution in [0.25, 0.3) is 0 Å². The van der Waals surface area contributed by atoms with E-state index in [4.69, 9.17) is 4.74 Å². The van der Waals surface area contributed by atoms with Gasteiger partial charge in [-0.15, -0.1) is 0 Å². The van der Waals surface area contributed by atoms with E-state index in [2.05, 4.69) is 29.2 Å². The molecule has 2 aliphatic rings. The second kappa shape index (κ2) is 8.20. The molecule has 4 nitrogen and oxygen atoms in total. The van der Waals surface area contributed by atoms with E-state index in [0.717, 1.165) is 32.0 Å². The Morgan fingerprint density at radius 2 is 1.95 bits per heavy atom. The lowest BCUT2D eigenvalue weighted by Crippen LogP contribution is -2.40. The van der Waals surface area contributed by atoms with Crippen LogP contribution >= 0.6 is 0 Å². The Bertz CT molecular complexity index is 236. The first kappa shape index (κ1) is 15.2. The van der Waals surface area contributed by atoms with E-state index in [-0.39, 0.29) is 0 Å². The van der Waals surface area contributed by atoms with E-state index in [1.54, 1.807) is 0 Å². The van der Waals surface area contributed by atoms with Crippen LogP contribution in [0.4, 0.5) is 0 Å². The normalized spacial score (nSPS) is 27.0. The first-order valence-electron chi connectivity index (χ1n) is 7.93. The van der Waals surface area contributed by atoms with Crippen molar-refractivity contribution in [3.63, 3.8) is 0 Å². The van der Waals surface area contributed by atoms with Crippen molar-refractivity contribution in [2.24, 2.45) is 5.92 Å². The Morgan fingerprint density at radius 3 is 2.63 bits per heavy atom. The molecule has 19 heavy (non-hydrogen) atoms. The minimum atomic E-state index is 0.430. The van der Waals surface area contributed by atoms with Gasteiger partial charge < -0.3 is 19.9 Å². The van der Waals surface area contributed by atoms with Crippen molar-refractivity contribution in [1.29, 1.82) is 0 Å². The maximum atomic E-state index is 5.74. The van der Waals surface area contributed by atoms with Gasteiger partial charge in [0.05, 0.1) is 12.7 Å². The molecule has 0 bridgehead atoms. The van der Waals surface area contributed by atoms with Crippen LogP contribution in [-0.2, 0) is 4.74 Å². The van der Waals surface area contributed by atoms with Crippen LogP contribution in [0.2, 0.25) is 0 Å². The summed E-state index contributed by atoms with van der Waals surface area (Å²) in [6.45, 7) is 7.91. The Kier molecular flexibility index (Phi) is 6.57. The van der Waals surface area contributed by atoms with Gasteiger partial charge in [0.1, 0.15) is 0 Å². The molecular weight excluding hydrogens is 238 g/mol. The molecule has 0 saturated carbocycles. The van der Waals surface area contributed by atoms with Crippen molar-refractivity contribution in [3.05, 3.63) is 0 Å². The Balaban J connectivity index is 1.52. The molecular formula is C15H31N3O. The van der Waals surface area contributed by atoms with E-state index in [1.807, 2.05) is 0 Å². The van der Waals surface area contributed by atoms with Crippen molar-refractivity contribution in [2.45, 2.75) is 31.8 Å². The SMILES string of the molecule is CN1CCC(CCN(C)CCC2CNCCO2)CC1. The summed E-state index contributed by atoms with van der Waals surface area (Å²) in [4.78, 5) is 4.93. The number of hydrogen-bond donors (Lipinski definition) is 1. The summed E-state index contributed by atoms with van der Waals surface area (Å²) in [5.41, 5.74) is 0. The van der Waals surface area contributed by atoms with Crippen molar-refractivity contribution >= 4 is 0 Å². The van der Waals surface area contributed by atoms with Crippen LogP contribution in [0.1, 0.15) is 25.7 Å². The van der Waals surface area contributed by atoms with E-state index >= 15 is 0 Å². The Hall–Kier alpha value is -0.160. The molecule has 0 aromatic rings. The molecule has 0 aliphatic carbocycles. The summed E-state index contributed by atoms with van der Waals surface area (Å²) in [6, 6.07) is 0. The first-order chi connectivity index (χ1) is 9.24. The number of nitrogens with one attached hydrogen (secondary N) is 1. The number of hydrogen-bond acceptors (Lipinski definition) is 4. The average Bonchev–Trinajstić information content (AvgIpc) is 2.45. The third-order valence-electron chi connectivity index (χ3n) is 4.59. The Morgan fingerprint density at radius 1 is 1.21 bits per heavy atom. The summed E-state index contributed by atoms with van der Waals surface area (Å²) < 4.78 is 5.74. The van der Waals surface area contributed by atoms with E-state index in [0.29, 0.717) is 6.10 Å². The van der Waals surface area contributed by atoms with Gasteiger partial charge in [0, 0.05) is 19.6 Å². The average molecular weight is 269 g/mol. The zero-order valence-corrected chi connectivity index (χ0v) is 12.7. The minimum Gasteiger partial charge on any atom is -0.376 e. The van der Waals surface area contributed by atoms with Crippen LogP contribution in [0.3, 0.4) is 0 Å². The van der Waals surface area contributed by atoms with Gasteiger partial charge in [-0.05, 0) is 65.3 Å². The van der Waals surface area contributed by atoms with E-state index in [1.165, 1.54) is 45.4 Å². The number of likely N-dealkylation sites (tertiary alicyclic amines) is 1. The van der Waals surface area contributed by atoms with Gasteiger partial charge in [-0.25, -0.2) is 0 Å². The molecule has 0 spiro atoms.